The van der Waals surface area contributed by atoms with Gasteiger partial charge in [0.2, 0.25) is 5.91 Å². The Morgan fingerprint density at radius 1 is 0.909 bits per heavy atom. The second-order valence-corrected chi connectivity index (χ2v) is 7.46. The molecule has 0 radical (unpaired) electrons. The van der Waals surface area contributed by atoms with Gasteiger partial charge in [-0.2, -0.15) is 5.10 Å². The highest BCUT2D eigenvalue weighted by atomic mass is 16.2. The van der Waals surface area contributed by atoms with E-state index in [9.17, 15) is 4.79 Å². The van der Waals surface area contributed by atoms with Gasteiger partial charge in [0.05, 0.1) is 30.9 Å². The van der Waals surface area contributed by atoms with Crippen molar-refractivity contribution in [2.75, 3.05) is 5.43 Å². The van der Waals surface area contributed by atoms with Gasteiger partial charge >= 0.3 is 0 Å². The van der Waals surface area contributed by atoms with Gasteiger partial charge in [-0.25, -0.2) is 4.98 Å². The highest BCUT2D eigenvalue weighted by Crippen LogP contribution is 2.16. The zero-order valence-corrected chi connectivity index (χ0v) is 17.6. The van der Waals surface area contributed by atoms with E-state index < -0.39 is 0 Å². The first-order valence-corrected chi connectivity index (χ1v) is 10.4. The number of pyridine rings is 1. The van der Waals surface area contributed by atoms with Crippen molar-refractivity contribution in [3.8, 4) is 11.3 Å². The molecule has 3 heterocycles. The highest BCUT2D eigenvalue weighted by Gasteiger charge is 2.08. The van der Waals surface area contributed by atoms with E-state index in [1.807, 2.05) is 59.4 Å². The minimum atomic E-state index is -0.215. The van der Waals surface area contributed by atoms with E-state index in [-0.39, 0.29) is 18.3 Å². The molecule has 33 heavy (non-hydrogen) atoms. The maximum absolute atomic E-state index is 12.3. The summed E-state index contributed by atoms with van der Waals surface area (Å²) in [6.45, 7) is 0.668. The summed E-state index contributed by atoms with van der Waals surface area (Å²) in [5.74, 6) is -0.0143. The fourth-order valence-electron chi connectivity index (χ4n) is 3.41. The number of hydrogen-bond donors (Lipinski definition) is 2. The third kappa shape index (κ3) is 4.99. The molecule has 0 aliphatic carbocycles. The first-order chi connectivity index (χ1) is 16.2. The van der Waals surface area contributed by atoms with Gasteiger partial charge < -0.3 is 0 Å². The van der Waals surface area contributed by atoms with Crippen molar-refractivity contribution in [1.29, 1.82) is 0 Å². The molecule has 0 atom stereocenters. The summed E-state index contributed by atoms with van der Waals surface area (Å²) >= 11 is 0. The van der Waals surface area contributed by atoms with E-state index >= 15 is 0 Å². The minimum Gasteiger partial charge on any atom is -0.273 e. The Kier molecular flexibility index (Phi) is 5.66. The molecule has 5 aromatic rings. The van der Waals surface area contributed by atoms with Crippen LogP contribution in [0.3, 0.4) is 0 Å². The van der Waals surface area contributed by atoms with Crippen LogP contribution in [0.5, 0.6) is 0 Å². The van der Waals surface area contributed by atoms with E-state index in [4.69, 9.17) is 0 Å². The van der Waals surface area contributed by atoms with Gasteiger partial charge in [0.15, 0.2) is 0 Å². The molecule has 0 saturated heterocycles. The monoisotopic (exact) mass is 436 g/mol. The summed E-state index contributed by atoms with van der Waals surface area (Å²) in [5, 5.41) is 13.6. The molecule has 162 valence electrons. The third-order valence-electron chi connectivity index (χ3n) is 5.02. The number of carbonyl (C=O) groups excluding carboxylic acids is 1. The molecule has 0 spiro atoms. The van der Waals surface area contributed by atoms with Gasteiger partial charge in [-0.1, -0.05) is 42.5 Å². The summed E-state index contributed by atoms with van der Waals surface area (Å²) in [4.78, 5) is 20.8. The molecular weight excluding hydrogens is 416 g/mol. The average Bonchev–Trinajstić information content (AvgIpc) is 3.32. The molecule has 9 nitrogen and oxygen atoms in total. The number of anilines is 1. The smallest absolute Gasteiger partial charge is 0.261 e. The number of carbonyl (C=O) groups is 1. The Labute approximate surface area is 189 Å². The van der Waals surface area contributed by atoms with Gasteiger partial charge in [-0.05, 0) is 29.3 Å². The number of benzene rings is 2. The standard InChI is InChI=1S/C24H20N8O/c33-23(12-18-8-9-21-19(11-18)7-4-10-25-21)29-31-24-26-14-22(28-30-24)20-13-27-32(16-20)15-17-5-2-1-3-6-17/h1-11,13-14,16H,12,15H2,(H,29,33)(H,26,30,31). The number of aromatic nitrogens is 6. The lowest BCUT2D eigenvalue weighted by Crippen LogP contribution is -2.31. The van der Waals surface area contributed by atoms with E-state index in [1.165, 1.54) is 0 Å². The molecule has 3 aromatic heterocycles. The first kappa shape index (κ1) is 20.3. The van der Waals surface area contributed by atoms with Crippen LogP contribution >= 0.6 is 0 Å². The van der Waals surface area contributed by atoms with Crippen LogP contribution in [0.4, 0.5) is 5.95 Å². The Morgan fingerprint density at radius 2 is 1.82 bits per heavy atom. The minimum absolute atomic E-state index is 0.200. The van der Waals surface area contributed by atoms with Crippen molar-refractivity contribution >= 4 is 22.8 Å². The summed E-state index contributed by atoms with van der Waals surface area (Å²) in [5.41, 5.74) is 9.65. The Bertz CT molecular complexity index is 1380. The molecule has 9 heteroatoms. The normalized spacial score (nSPS) is 10.8. The van der Waals surface area contributed by atoms with Crippen LogP contribution in [0.2, 0.25) is 0 Å². The Morgan fingerprint density at radius 3 is 2.67 bits per heavy atom. The van der Waals surface area contributed by atoms with Crippen molar-refractivity contribution in [1.82, 2.24) is 35.4 Å². The van der Waals surface area contributed by atoms with Crippen LogP contribution in [-0.4, -0.2) is 35.9 Å². The number of hydrogen-bond acceptors (Lipinski definition) is 7. The van der Waals surface area contributed by atoms with Crippen molar-refractivity contribution in [3.63, 3.8) is 0 Å². The van der Waals surface area contributed by atoms with Gasteiger partial charge in [0, 0.05) is 23.3 Å². The first-order valence-electron chi connectivity index (χ1n) is 10.4. The van der Waals surface area contributed by atoms with Crippen molar-refractivity contribution < 1.29 is 4.79 Å². The maximum Gasteiger partial charge on any atom is 0.261 e. The Hall–Kier alpha value is -4.66. The molecule has 5 rings (SSSR count). The second-order valence-electron chi connectivity index (χ2n) is 7.46. The molecule has 0 aliphatic rings. The number of fused-ring (bicyclic) bond motifs is 1. The van der Waals surface area contributed by atoms with Crippen molar-refractivity contribution in [3.05, 3.63) is 96.6 Å². The van der Waals surface area contributed by atoms with Crippen molar-refractivity contribution in [2.45, 2.75) is 13.0 Å². The van der Waals surface area contributed by atoms with Crippen molar-refractivity contribution in [2.24, 2.45) is 0 Å². The molecule has 2 aromatic carbocycles. The summed E-state index contributed by atoms with van der Waals surface area (Å²) in [6.07, 6.45) is 7.16. The van der Waals surface area contributed by atoms with E-state index in [2.05, 4.69) is 48.2 Å². The summed E-state index contributed by atoms with van der Waals surface area (Å²) in [6, 6.07) is 19.7. The highest BCUT2D eigenvalue weighted by molar-refractivity contribution is 5.83. The third-order valence-corrected chi connectivity index (χ3v) is 5.02. The van der Waals surface area contributed by atoms with Crippen LogP contribution in [0.15, 0.2) is 85.5 Å². The molecule has 2 N–H and O–H groups in total. The van der Waals surface area contributed by atoms with Gasteiger partial charge in [0.25, 0.3) is 5.95 Å². The number of nitrogens with zero attached hydrogens (tertiary/aromatic N) is 6. The lowest BCUT2D eigenvalue weighted by molar-refractivity contribution is -0.119. The lowest BCUT2D eigenvalue weighted by Gasteiger charge is -2.07. The topological polar surface area (TPSA) is 111 Å². The fraction of sp³-hybridized carbons (Fsp3) is 0.0833. The molecule has 0 bridgehead atoms. The zero-order valence-electron chi connectivity index (χ0n) is 17.6. The fourth-order valence-corrected chi connectivity index (χ4v) is 3.41. The van der Waals surface area contributed by atoms with Crippen LogP contribution < -0.4 is 10.9 Å². The zero-order chi connectivity index (χ0) is 22.5. The number of nitrogens with one attached hydrogen (secondary N) is 2. The van der Waals surface area contributed by atoms with Gasteiger partial charge in [0.1, 0.15) is 5.69 Å². The number of amides is 1. The molecule has 0 saturated carbocycles. The molecule has 1 amide bonds. The molecule has 0 fully saturated rings. The SMILES string of the molecule is O=C(Cc1ccc2ncccc2c1)NNc1ncc(-c2cnn(Cc3ccccc3)c2)nn1. The quantitative estimate of drug-likeness (QED) is 0.377. The summed E-state index contributed by atoms with van der Waals surface area (Å²) in [7, 11) is 0. The molecule has 0 aliphatic heterocycles. The summed E-state index contributed by atoms with van der Waals surface area (Å²) < 4.78 is 1.83. The largest absolute Gasteiger partial charge is 0.273 e. The average molecular weight is 436 g/mol. The van der Waals surface area contributed by atoms with E-state index in [0.717, 1.165) is 27.6 Å². The van der Waals surface area contributed by atoms with Crippen LogP contribution in [0, 0.1) is 0 Å². The van der Waals surface area contributed by atoms with Gasteiger partial charge in [-0.3, -0.25) is 25.3 Å². The predicted octanol–water partition coefficient (Wildman–Crippen LogP) is 3.02. The van der Waals surface area contributed by atoms with E-state index in [0.29, 0.717) is 12.2 Å². The second kappa shape index (κ2) is 9.23. The lowest BCUT2D eigenvalue weighted by atomic mass is 10.1. The number of rotatable bonds is 7. The van der Waals surface area contributed by atoms with Crippen LogP contribution in [-0.2, 0) is 17.8 Å². The van der Waals surface area contributed by atoms with Crippen LogP contribution in [0.25, 0.3) is 22.2 Å². The molecule has 0 unspecified atom stereocenters. The molecular formula is C24H20N8O. The maximum atomic E-state index is 12.3. The number of hydrazine groups is 1. The van der Waals surface area contributed by atoms with Gasteiger partial charge in [-0.15, -0.1) is 10.2 Å². The Balaban J connectivity index is 1.16. The predicted molar refractivity (Wildman–Crippen MR) is 124 cm³/mol. The van der Waals surface area contributed by atoms with Crippen LogP contribution in [0.1, 0.15) is 11.1 Å². The van der Waals surface area contributed by atoms with E-state index in [1.54, 1.807) is 18.6 Å².